The van der Waals surface area contributed by atoms with Gasteiger partial charge in [0.05, 0.1) is 13.2 Å². The fourth-order valence-corrected chi connectivity index (χ4v) is 7.93. The molecule has 142 valence electrons. The summed E-state index contributed by atoms with van der Waals surface area (Å²) in [6.07, 6.45) is 3.79. The molecule has 0 aliphatic rings. The van der Waals surface area contributed by atoms with Crippen LogP contribution in [0.5, 0.6) is 0 Å². The lowest BCUT2D eigenvalue weighted by atomic mass is 10.2. The molecule has 0 fully saturated rings. The van der Waals surface area contributed by atoms with E-state index in [1.54, 1.807) is 0 Å². The van der Waals surface area contributed by atoms with E-state index in [1.165, 1.54) is 0 Å². The highest BCUT2D eigenvalue weighted by Crippen LogP contribution is 2.55. The Labute approximate surface area is 154 Å². The second-order valence-electron chi connectivity index (χ2n) is 5.90. The van der Waals surface area contributed by atoms with Crippen LogP contribution in [0.25, 0.3) is 6.08 Å². The predicted molar refractivity (Wildman–Crippen MR) is 108 cm³/mol. The number of benzene rings is 1. The van der Waals surface area contributed by atoms with Gasteiger partial charge in [-0.25, -0.2) is 0 Å². The molecular formula is C19H33O4PSi. The summed E-state index contributed by atoms with van der Waals surface area (Å²) < 4.78 is 31.0. The quantitative estimate of drug-likeness (QED) is 0.313. The Morgan fingerprint density at radius 1 is 0.960 bits per heavy atom. The molecule has 1 rings (SSSR count). The molecule has 0 heterocycles. The summed E-state index contributed by atoms with van der Waals surface area (Å²) in [6, 6.07) is 12.9. The number of rotatable bonds is 12. The van der Waals surface area contributed by atoms with Gasteiger partial charge >= 0.3 is 7.60 Å². The smallest absolute Gasteiger partial charge is 0.361 e. The summed E-state index contributed by atoms with van der Waals surface area (Å²) in [6.45, 7) is 10.8. The fourth-order valence-electron chi connectivity index (χ4n) is 2.77. The fraction of sp³-hybridized carbons (Fsp3) is 0.579. The van der Waals surface area contributed by atoms with Gasteiger partial charge in [0.1, 0.15) is 0 Å². The van der Waals surface area contributed by atoms with Crippen LogP contribution in [0.3, 0.4) is 0 Å². The first kappa shape index (κ1) is 22.3. The average molecular weight is 385 g/mol. The summed E-state index contributed by atoms with van der Waals surface area (Å²) in [5, 5.41) is 0. The summed E-state index contributed by atoms with van der Waals surface area (Å²) in [7, 11) is -5.35. The standard InChI is InChI=1S/C19H33O4PSi/c1-6-21-24(20,22-7-2)19(23-25(8-3,9-4)10-5)17-16-18-14-12-11-13-15-18/h11-17,19H,6-10H2,1-5H3/b17-16+. The molecule has 1 aromatic carbocycles. The van der Waals surface area contributed by atoms with Crippen molar-refractivity contribution in [3.8, 4) is 0 Å². The Morgan fingerprint density at radius 3 is 1.92 bits per heavy atom. The first-order valence-electron chi connectivity index (χ1n) is 9.29. The summed E-state index contributed by atoms with van der Waals surface area (Å²) in [4.78, 5) is 0. The molecule has 0 aromatic heterocycles. The maximum absolute atomic E-state index is 13.4. The topological polar surface area (TPSA) is 44.8 Å². The maximum atomic E-state index is 13.4. The van der Waals surface area contributed by atoms with Crippen molar-refractivity contribution in [1.82, 2.24) is 0 Å². The van der Waals surface area contributed by atoms with E-state index in [0.717, 1.165) is 23.7 Å². The van der Waals surface area contributed by atoms with Crippen molar-refractivity contribution in [3.63, 3.8) is 0 Å². The van der Waals surface area contributed by atoms with Gasteiger partial charge in [0.25, 0.3) is 0 Å². The molecule has 0 saturated carbocycles. The molecule has 0 bridgehead atoms. The van der Waals surface area contributed by atoms with Crippen LogP contribution in [0.4, 0.5) is 0 Å². The normalized spacial score (nSPS) is 14.1. The van der Waals surface area contributed by atoms with E-state index in [4.69, 9.17) is 13.5 Å². The third-order valence-corrected chi connectivity index (χ3v) is 11.4. The molecular weight excluding hydrogens is 351 g/mol. The van der Waals surface area contributed by atoms with Crippen molar-refractivity contribution in [2.24, 2.45) is 0 Å². The monoisotopic (exact) mass is 384 g/mol. The van der Waals surface area contributed by atoms with Crippen LogP contribution in [0.15, 0.2) is 36.4 Å². The molecule has 0 amide bonds. The zero-order chi connectivity index (χ0) is 18.8. The predicted octanol–water partition coefficient (Wildman–Crippen LogP) is 6.31. The molecule has 0 aliphatic carbocycles. The Balaban J connectivity index is 3.20. The summed E-state index contributed by atoms with van der Waals surface area (Å²) >= 11 is 0. The number of hydrogen-bond acceptors (Lipinski definition) is 4. The number of hydrogen-bond donors (Lipinski definition) is 0. The van der Waals surface area contributed by atoms with Crippen LogP contribution in [-0.4, -0.2) is 27.4 Å². The minimum atomic E-state index is -3.38. The van der Waals surface area contributed by atoms with Gasteiger partial charge in [-0.3, -0.25) is 4.57 Å². The Morgan fingerprint density at radius 2 is 1.48 bits per heavy atom. The first-order chi connectivity index (χ1) is 12.0. The summed E-state index contributed by atoms with van der Waals surface area (Å²) in [5.74, 6) is -0.667. The van der Waals surface area contributed by atoms with Gasteiger partial charge in [-0.2, -0.15) is 0 Å². The van der Waals surface area contributed by atoms with Gasteiger partial charge in [-0.1, -0.05) is 57.2 Å². The maximum Gasteiger partial charge on any atom is 0.361 e. The molecule has 6 heteroatoms. The molecule has 1 aromatic rings. The highest BCUT2D eigenvalue weighted by atomic mass is 31.2. The van der Waals surface area contributed by atoms with Crippen molar-refractivity contribution in [2.45, 2.75) is 58.6 Å². The molecule has 4 nitrogen and oxygen atoms in total. The molecule has 1 atom stereocenters. The first-order valence-corrected chi connectivity index (χ1v) is 13.4. The van der Waals surface area contributed by atoms with Crippen molar-refractivity contribution < 1.29 is 18.0 Å². The van der Waals surface area contributed by atoms with Crippen LogP contribution in [0, 0.1) is 0 Å². The molecule has 25 heavy (non-hydrogen) atoms. The van der Waals surface area contributed by atoms with Gasteiger partial charge in [-0.05, 0) is 43.6 Å². The van der Waals surface area contributed by atoms with Crippen molar-refractivity contribution in [3.05, 3.63) is 42.0 Å². The second kappa shape index (κ2) is 11.1. The minimum absolute atomic E-state index is 0.329. The average Bonchev–Trinajstić information content (AvgIpc) is 2.64. The van der Waals surface area contributed by atoms with E-state index in [9.17, 15) is 4.57 Å². The molecule has 0 saturated heterocycles. The van der Waals surface area contributed by atoms with E-state index >= 15 is 0 Å². The van der Waals surface area contributed by atoms with Crippen LogP contribution in [0.2, 0.25) is 18.1 Å². The third-order valence-electron chi connectivity index (χ3n) is 4.49. The van der Waals surface area contributed by atoms with Crippen molar-refractivity contribution in [1.29, 1.82) is 0 Å². The highest BCUT2D eigenvalue weighted by Gasteiger charge is 2.41. The molecule has 0 radical (unpaired) electrons. The van der Waals surface area contributed by atoms with Crippen LogP contribution in [-0.2, 0) is 18.0 Å². The Hall–Kier alpha value is -0.713. The zero-order valence-electron chi connectivity index (χ0n) is 16.2. The lowest BCUT2D eigenvalue weighted by molar-refractivity contribution is 0.173. The largest absolute Gasteiger partial charge is 0.400 e. The van der Waals surface area contributed by atoms with E-state index < -0.39 is 21.8 Å². The van der Waals surface area contributed by atoms with Gasteiger partial charge in [-0.15, -0.1) is 0 Å². The Bertz CT molecular complexity index is 540. The van der Waals surface area contributed by atoms with Gasteiger partial charge in [0.15, 0.2) is 14.2 Å². The van der Waals surface area contributed by atoms with Crippen LogP contribution < -0.4 is 0 Å². The lowest BCUT2D eigenvalue weighted by Crippen LogP contribution is -2.39. The molecule has 0 spiro atoms. The molecule has 0 aliphatic heterocycles. The van der Waals surface area contributed by atoms with Crippen molar-refractivity contribution >= 4 is 22.0 Å². The summed E-state index contributed by atoms with van der Waals surface area (Å²) in [5.41, 5.74) is 1.03. The molecule has 0 N–H and O–H groups in total. The third kappa shape index (κ3) is 6.50. The van der Waals surface area contributed by atoms with Crippen LogP contribution >= 0.6 is 7.60 Å². The Kier molecular flexibility index (Phi) is 9.91. The van der Waals surface area contributed by atoms with E-state index in [1.807, 2.05) is 56.3 Å². The van der Waals surface area contributed by atoms with E-state index in [0.29, 0.717) is 13.2 Å². The van der Waals surface area contributed by atoms with Crippen molar-refractivity contribution in [2.75, 3.05) is 13.2 Å². The van der Waals surface area contributed by atoms with Crippen LogP contribution in [0.1, 0.15) is 40.2 Å². The van der Waals surface area contributed by atoms with E-state index in [2.05, 4.69) is 20.8 Å². The van der Waals surface area contributed by atoms with Gasteiger partial charge in [0, 0.05) is 0 Å². The SMILES string of the molecule is CCOP(=O)(OCC)C(/C=C/c1ccccc1)O[Si](CC)(CC)CC. The highest BCUT2D eigenvalue weighted by molar-refractivity contribution is 7.54. The molecule has 1 unspecified atom stereocenters. The van der Waals surface area contributed by atoms with E-state index in [-0.39, 0.29) is 0 Å². The lowest BCUT2D eigenvalue weighted by Gasteiger charge is -2.34. The van der Waals surface area contributed by atoms with Gasteiger partial charge < -0.3 is 13.5 Å². The minimum Gasteiger partial charge on any atom is -0.400 e. The van der Waals surface area contributed by atoms with Gasteiger partial charge in [0.2, 0.25) is 0 Å². The second-order valence-corrected chi connectivity index (χ2v) is 12.7. The zero-order valence-corrected chi connectivity index (χ0v) is 18.1.